The number of rotatable bonds is 3. The van der Waals surface area contributed by atoms with Gasteiger partial charge in [0.25, 0.3) is 0 Å². The number of carbonyl (C=O) groups excluding carboxylic acids is 2. The van der Waals surface area contributed by atoms with E-state index in [1.807, 2.05) is 0 Å². The quantitative estimate of drug-likeness (QED) is 0.829. The number of hydrogen-bond acceptors (Lipinski definition) is 7. The van der Waals surface area contributed by atoms with Crippen molar-refractivity contribution in [2.45, 2.75) is 24.8 Å². The van der Waals surface area contributed by atoms with Crippen LogP contribution in [-0.4, -0.2) is 45.8 Å². The fourth-order valence-corrected chi connectivity index (χ4v) is 2.96. The molecule has 1 atom stereocenters. The zero-order chi connectivity index (χ0) is 17.0. The molecule has 0 spiro atoms. The third-order valence-electron chi connectivity index (χ3n) is 2.96. The van der Waals surface area contributed by atoms with Crippen LogP contribution in [0.3, 0.4) is 0 Å². The molecule has 1 aromatic rings. The molecular weight excluding hydrogens is 337 g/mol. The molecule has 1 aliphatic heterocycles. The summed E-state index contributed by atoms with van der Waals surface area (Å²) >= 11 is 1.08. The zero-order valence-corrected chi connectivity index (χ0v) is 12.8. The molecule has 1 aliphatic rings. The monoisotopic (exact) mass is 350 g/mol. The molecule has 0 amide bonds. The molecule has 126 valence electrons. The molecule has 2 rings (SSSR count). The van der Waals surface area contributed by atoms with Gasteiger partial charge in [0.1, 0.15) is 12.0 Å². The van der Waals surface area contributed by atoms with Gasteiger partial charge >= 0.3 is 12.1 Å². The van der Waals surface area contributed by atoms with Crippen LogP contribution in [0, 0.1) is 0 Å². The van der Waals surface area contributed by atoms with Crippen molar-refractivity contribution in [2.24, 2.45) is 0 Å². The first-order valence-electron chi connectivity index (χ1n) is 6.58. The maximum atomic E-state index is 12.3. The van der Waals surface area contributed by atoms with Crippen molar-refractivity contribution in [3.63, 3.8) is 0 Å². The minimum absolute atomic E-state index is 0.0420. The minimum atomic E-state index is -5.05. The lowest BCUT2D eigenvalue weighted by Gasteiger charge is -2.32. The van der Waals surface area contributed by atoms with Crippen molar-refractivity contribution < 1.29 is 32.1 Å². The smallest absolute Gasteiger partial charge is 0.364 e. The molecule has 1 aromatic heterocycles. The predicted octanol–water partition coefficient (Wildman–Crippen LogP) is 2.43. The molecule has 0 N–H and O–H groups in total. The van der Waals surface area contributed by atoms with Gasteiger partial charge in [0.15, 0.2) is 5.12 Å². The SMILES string of the molecule is CC(=O)SC1CCN(OC(=O)C(F)(F)F)C/C1=C\c1ccon1. The summed E-state index contributed by atoms with van der Waals surface area (Å²) in [7, 11) is 0. The van der Waals surface area contributed by atoms with Crippen LogP contribution in [0.5, 0.6) is 0 Å². The van der Waals surface area contributed by atoms with Crippen LogP contribution in [-0.2, 0) is 14.4 Å². The molecule has 1 unspecified atom stereocenters. The van der Waals surface area contributed by atoms with Gasteiger partial charge in [0.2, 0.25) is 0 Å². The minimum Gasteiger partial charge on any atom is -0.364 e. The highest BCUT2D eigenvalue weighted by Gasteiger charge is 2.43. The first-order valence-corrected chi connectivity index (χ1v) is 7.46. The van der Waals surface area contributed by atoms with Crippen LogP contribution in [0.15, 0.2) is 22.4 Å². The van der Waals surface area contributed by atoms with Crippen molar-refractivity contribution in [3.8, 4) is 0 Å². The Hall–Kier alpha value is -1.81. The summed E-state index contributed by atoms with van der Waals surface area (Å²) in [6.07, 6.45) is -1.73. The Bertz CT molecular complexity index is 601. The zero-order valence-electron chi connectivity index (χ0n) is 12.0. The number of piperidine rings is 1. The fraction of sp³-hybridized carbons (Fsp3) is 0.462. The second-order valence-corrected chi connectivity index (χ2v) is 6.15. The lowest BCUT2D eigenvalue weighted by Crippen LogP contribution is -2.41. The van der Waals surface area contributed by atoms with Crippen LogP contribution in [0.1, 0.15) is 19.0 Å². The van der Waals surface area contributed by atoms with E-state index in [0.29, 0.717) is 17.7 Å². The van der Waals surface area contributed by atoms with E-state index in [1.54, 1.807) is 12.1 Å². The molecule has 0 aromatic carbocycles. The summed E-state index contributed by atoms with van der Waals surface area (Å²) < 4.78 is 41.5. The van der Waals surface area contributed by atoms with Gasteiger partial charge < -0.3 is 9.36 Å². The van der Waals surface area contributed by atoms with Gasteiger partial charge in [-0.2, -0.15) is 13.2 Å². The second-order valence-electron chi connectivity index (χ2n) is 4.77. The lowest BCUT2D eigenvalue weighted by molar-refractivity contribution is -0.238. The van der Waals surface area contributed by atoms with E-state index in [4.69, 9.17) is 4.52 Å². The van der Waals surface area contributed by atoms with Gasteiger partial charge in [-0.25, -0.2) is 4.79 Å². The van der Waals surface area contributed by atoms with Crippen molar-refractivity contribution in [1.82, 2.24) is 10.2 Å². The van der Waals surface area contributed by atoms with Gasteiger partial charge in [-0.3, -0.25) is 4.79 Å². The highest BCUT2D eigenvalue weighted by molar-refractivity contribution is 8.14. The number of nitrogens with zero attached hydrogens (tertiary/aromatic N) is 2. The Labute approximate surface area is 133 Å². The van der Waals surface area contributed by atoms with E-state index in [2.05, 4.69) is 9.99 Å². The molecule has 0 radical (unpaired) electrons. The van der Waals surface area contributed by atoms with Crippen molar-refractivity contribution >= 4 is 28.9 Å². The number of thioether (sulfide) groups is 1. The Balaban J connectivity index is 2.12. The molecule has 1 saturated heterocycles. The van der Waals surface area contributed by atoms with Gasteiger partial charge in [-0.15, -0.1) is 5.06 Å². The first kappa shape index (κ1) is 17.5. The van der Waals surface area contributed by atoms with Crippen molar-refractivity contribution in [2.75, 3.05) is 13.1 Å². The number of alkyl halides is 3. The Morgan fingerprint density at radius 1 is 1.52 bits per heavy atom. The highest BCUT2D eigenvalue weighted by Crippen LogP contribution is 2.30. The van der Waals surface area contributed by atoms with Crippen LogP contribution in [0.25, 0.3) is 6.08 Å². The van der Waals surface area contributed by atoms with Gasteiger partial charge in [0, 0.05) is 24.8 Å². The van der Waals surface area contributed by atoms with E-state index >= 15 is 0 Å². The second kappa shape index (κ2) is 7.18. The van der Waals surface area contributed by atoms with E-state index in [0.717, 1.165) is 16.8 Å². The number of hydroxylamine groups is 2. The average Bonchev–Trinajstić information content (AvgIpc) is 2.93. The van der Waals surface area contributed by atoms with Gasteiger partial charge in [-0.1, -0.05) is 16.9 Å². The molecule has 0 bridgehead atoms. The summed E-state index contributed by atoms with van der Waals surface area (Å²) in [6.45, 7) is 1.47. The standard InChI is InChI=1S/C13H13F3N2O4S/c1-8(19)23-11-2-4-18(22-12(20)13(14,15)16)7-9(11)6-10-3-5-21-17-10/h3,5-6,11H,2,4,7H2,1H3/b9-6+. The van der Waals surface area contributed by atoms with Crippen LogP contribution < -0.4 is 0 Å². The molecule has 0 saturated carbocycles. The van der Waals surface area contributed by atoms with Crippen molar-refractivity contribution in [3.05, 3.63) is 23.6 Å². The van der Waals surface area contributed by atoms with Crippen LogP contribution in [0.4, 0.5) is 13.2 Å². The van der Waals surface area contributed by atoms with Crippen molar-refractivity contribution in [1.29, 1.82) is 0 Å². The highest BCUT2D eigenvalue weighted by atomic mass is 32.2. The largest absolute Gasteiger partial charge is 0.492 e. The molecule has 0 aliphatic carbocycles. The topological polar surface area (TPSA) is 72.6 Å². The molecule has 2 heterocycles. The molecular formula is C13H13F3N2O4S. The lowest BCUT2D eigenvalue weighted by atomic mass is 10.0. The summed E-state index contributed by atoms with van der Waals surface area (Å²) in [5, 5.41) is 4.30. The molecule has 10 heteroatoms. The summed E-state index contributed by atoms with van der Waals surface area (Å²) in [6, 6.07) is 1.57. The van der Waals surface area contributed by atoms with E-state index in [1.165, 1.54) is 13.2 Å². The number of aromatic nitrogens is 1. The van der Waals surface area contributed by atoms with E-state index in [9.17, 15) is 22.8 Å². The Morgan fingerprint density at radius 3 is 2.83 bits per heavy atom. The van der Waals surface area contributed by atoms with Crippen LogP contribution >= 0.6 is 11.8 Å². The molecule has 1 fully saturated rings. The fourth-order valence-electron chi connectivity index (χ4n) is 2.04. The molecule has 6 nitrogen and oxygen atoms in total. The predicted molar refractivity (Wildman–Crippen MR) is 74.9 cm³/mol. The summed E-state index contributed by atoms with van der Waals surface area (Å²) in [4.78, 5) is 26.6. The first-order chi connectivity index (χ1) is 10.8. The average molecular weight is 350 g/mol. The Morgan fingerprint density at radius 2 is 2.26 bits per heavy atom. The maximum absolute atomic E-state index is 12.3. The maximum Gasteiger partial charge on any atom is 0.492 e. The summed E-state index contributed by atoms with van der Waals surface area (Å²) in [5.41, 5.74) is 1.10. The number of halogens is 3. The normalized spacial score (nSPS) is 21.4. The van der Waals surface area contributed by atoms with Crippen LogP contribution in [0.2, 0.25) is 0 Å². The number of carbonyl (C=O) groups is 2. The molecule has 23 heavy (non-hydrogen) atoms. The third-order valence-corrected chi connectivity index (χ3v) is 4.11. The van der Waals surface area contributed by atoms with E-state index < -0.39 is 12.1 Å². The Kier molecular flexibility index (Phi) is 5.47. The van der Waals surface area contributed by atoms with Gasteiger partial charge in [0.05, 0.1) is 6.54 Å². The van der Waals surface area contributed by atoms with E-state index in [-0.39, 0.29) is 23.5 Å². The summed E-state index contributed by atoms with van der Waals surface area (Å²) in [5.74, 6) is -2.27. The third kappa shape index (κ3) is 5.10. The number of hydrogen-bond donors (Lipinski definition) is 0. The van der Waals surface area contributed by atoms with Gasteiger partial charge in [-0.05, 0) is 18.1 Å².